The second kappa shape index (κ2) is 5.35. The molecule has 2 bridgehead atoms. The first-order chi connectivity index (χ1) is 9.52. The molecule has 0 saturated carbocycles. The van der Waals surface area contributed by atoms with Crippen molar-refractivity contribution in [2.75, 3.05) is 13.1 Å². The number of carbonyl (C=O) groups excluding carboxylic acids is 1. The van der Waals surface area contributed by atoms with Gasteiger partial charge in [-0.1, -0.05) is 6.92 Å². The van der Waals surface area contributed by atoms with E-state index >= 15 is 0 Å². The maximum Gasteiger partial charge on any atom is 0.306 e. The number of hydrogen-bond donors (Lipinski definition) is 2. The fourth-order valence-corrected chi connectivity index (χ4v) is 3.95. The van der Waals surface area contributed by atoms with Crippen LogP contribution in [0, 0.1) is 17.8 Å². The smallest absolute Gasteiger partial charge is 0.306 e. The molecule has 0 aromatic carbocycles. The molecule has 3 aliphatic heterocycles. The lowest BCUT2D eigenvalue weighted by Crippen LogP contribution is -2.54. The molecule has 3 rings (SSSR count). The highest BCUT2D eigenvalue weighted by Crippen LogP contribution is 2.34. The second-order valence-electron chi connectivity index (χ2n) is 6.87. The van der Waals surface area contributed by atoms with Gasteiger partial charge in [-0.2, -0.15) is 0 Å². The summed E-state index contributed by atoms with van der Waals surface area (Å²) in [5.74, 6) is -0.200. The van der Waals surface area contributed by atoms with Crippen molar-refractivity contribution < 1.29 is 14.7 Å². The van der Waals surface area contributed by atoms with Crippen LogP contribution in [-0.2, 0) is 9.59 Å². The third-order valence-corrected chi connectivity index (χ3v) is 5.39. The lowest BCUT2D eigenvalue weighted by atomic mass is 9.85. The van der Waals surface area contributed by atoms with Gasteiger partial charge in [-0.25, -0.2) is 0 Å². The summed E-state index contributed by atoms with van der Waals surface area (Å²) in [6.07, 6.45) is 5.44. The van der Waals surface area contributed by atoms with Crippen LogP contribution in [0.3, 0.4) is 0 Å². The quantitative estimate of drug-likeness (QED) is 0.808. The predicted octanol–water partition coefficient (Wildman–Crippen LogP) is 1.09. The topological polar surface area (TPSA) is 69.6 Å². The van der Waals surface area contributed by atoms with E-state index in [4.69, 9.17) is 5.11 Å². The predicted molar refractivity (Wildman–Crippen MR) is 74.2 cm³/mol. The number of aliphatic carboxylic acids is 1. The number of likely N-dealkylation sites (tertiary alicyclic amines) is 1. The molecule has 3 fully saturated rings. The zero-order valence-corrected chi connectivity index (χ0v) is 12.0. The number of rotatable bonds is 4. The van der Waals surface area contributed by atoms with Gasteiger partial charge in [0.15, 0.2) is 0 Å². The Morgan fingerprint density at radius 2 is 1.85 bits per heavy atom. The Morgan fingerprint density at radius 3 is 2.40 bits per heavy atom. The van der Waals surface area contributed by atoms with E-state index in [1.54, 1.807) is 6.92 Å². The van der Waals surface area contributed by atoms with Gasteiger partial charge in [0.25, 0.3) is 0 Å². The molecule has 2 N–H and O–H groups in total. The lowest BCUT2D eigenvalue weighted by molar-refractivity contribution is -0.151. The standard InChI is InChI=1S/C15H24N2O3/c1-9(15(19)20)11-7-17(8-11)14(18)6-10-4-12-2-3-13(5-10)16-12/h9-13,16H,2-8H2,1H3,(H,19,20). The summed E-state index contributed by atoms with van der Waals surface area (Å²) in [5, 5.41) is 12.6. The van der Waals surface area contributed by atoms with E-state index in [2.05, 4.69) is 5.32 Å². The second-order valence-corrected chi connectivity index (χ2v) is 6.87. The van der Waals surface area contributed by atoms with Crippen LogP contribution in [0.15, 0.2) is 0 Å². The van der Waals surface area contributed by atoms with Gasteiger partial charge in [-0.05, 0) is 31.6 Å². The molecule has 0 radical (unpaired) electrons. The van der Waals surface area contributed by atoms with Crippen LogP contribution in [-0.4, -0.2) is 47.1 Å². The van der Waals surface area contributed by atoms with Crippen LogP contribution in [0.4, 0.5) is 0 Å². The average molecular weight is 280 g/mol. The van der Waals surface area contributed by atoms with Crippen molar-refractivity contribution in [3.63, 3.8) is 0 Å². The van der Waals surface area contributed by atoms with Crippen molar-refractivity contribution in [1.29, 1.82) is 0 Å². The minimum absolute atomic E-state index is 0.139. The molecular formula is C15H24N2O3. The molecule has 3 saturated heterocycles. The highest BCUT2D eigenvalue weighted by atomic mass is 16.4. The molecule has 112 valence electrons. The van der Waals surface area contributed by atoms with Crippen LogP contribution in [0.2, 0.25) is 0 Å². The maximum atomic E-state index is 12.2. The van der Waals surface area contributed by atoms with Crippen LogP contribution >= 0.6 is 0 Å². The first-order valence-electron chi connectivity index (χ1n) is 7.79. The van der Waals surface area contributed by atoms with Gasteiger partial charge in [-0.3, -0.25) is 9.59 Å². The van der Waals surface area contributed by atoms with Crippen molar-refractivity contribution in [3.05, 3.63) is 0 Å². The number of carboxylic acids is 1. The summed E-state index contributed by atoms with van der Waals surface area (Å²) in [4.78, 5) is 25.0. The van der Waals surface area contributed by atoms with E-state index < -0.39 is 5.97 Å². The Kier molecular flexibility index (Phi) is 3.71. The molecule has 3 atom stereocenters. The van der Waals surface area contributed by atoms with E-state index in [0.29, 0.717) is 37.5 Å². The first kappa shape index (κ1) is 13.9. The van der Waals surface area contributed by atoms with E-state index in [9.17, 15) is 9.59 Å². The summed E-state index contributed by atoms with van der Waals surface area (Å²) in [6.45, 7) is 2.99. The van der Waals surface area contributed by atoms with Crippen LogP contribution in [0.5, 0.6) is 0 Å². The fraction of sp³-hybridized carbons (Fsp3) is 0.867. The Bertz CT molecular complexity index is 394. The summed E-state index contributed by atoms with van der Waals surface area (Å²) in [6, 6.07) is 1.26. The molecular weight excluding hydrogens is 256 g/mol. The highest BCUT2D eigenvalue weighted by Gasteiger charge is 2.39. The van der Waals surface area contributed by atoms with Gasteiger partial charge in [0.1, 0.15) is 0 Å². The van der Waals surface area contributed by atoms with Crippen molar-refractivity contribution in [3.8, 4) is 0 Å². The van der Waals surface area contributed by atoms with E-state index in [1.807, 2.05) is 4.90 Å². The zero-order valence-electron chi connectivity index (χ0n) is 12.0. The van der Waals surface area contributed by atoms with Crippen molar-refractivity contribution in [1.82, 2.24) is 10.2 Å². The maximum absolute atomic E-state index is 12.2. The normalized spacial score (nSPS) is 34.6. The van der Waals surface area contributed by atoms with Gasteiger partial charge in [0.05, 0.1) is 5.92 Å². The van der Waals surface area contributed by atoms with Crippen molar-refractivity contribution >= 4 is 11.9 Å². The molecule has 0 spiro atoms. The summed E-state index contributed by atoms with van der Waals surface area (Å²) < 4.78 is 0. The number of fused-ring (bicyclic) bond motifs is 2. The molecule has 0 aliphatic carbocycles. The Hall–Kier alpha value is -1.10. The van der Waals surface area contributed by atoms with E-state index in [1.165, 1.54) is 12.8 Å². The summed E-state index contributed by atoms with van der Waals surface area (Å²) in [7, 11) is 0. The van der Waals surface area contributed by atoms with Gasteiger partial charge >= 0.3 is 5.97 Å². The fourth-order valence-electron chi connectivity index (χ4n) is 3.95. The van der Waals surface area contributed by atoms with Crippen LogP contribution in [0.1, 0.15) is 39.0 Å². The number of carboxylic acid groups (broad SMARTS) is 1. The van der Waals surface area contributed by atoms with E-state index in [0.717, 1.165) is 12.8 Å². The third kappa shape index (κ3) is 2.68. The Labute approximate surface area is 119 Å². The third-order valence-electron chi connectivity index (χ3n) is 5.39. The number of carbonyl (C=O) groups is 2. The van der Waals surface area contributed by atoms with Crippen molar-refractivity contribution in [2.24, 2.45) is 17.8 Å². The highest BCUT2D eigenvalue weighted by molar-refractivity contribution is 5.78. The molecule has 3 heterocycles. The minimum atomic E-state index is -0.753. The van der Waals surface area contributed by atoms with Gasteiger partial charge < -0.3 is 15.3 Å². The molecule has 20 heavy (non-hydrogen) atoms. The molecule has 1 amide bonds. The van der Waals surface area contributed by atoms with Crippen LogP contribution in [0.25, 0.3) is 0 Å². The number of hydrogen-bond acceptors (Lipinski definition) is 3. The number of nitrogens with zero attached hydrogens (tertiary/aromatic N) is 1. The average Bonchev–Trinajstić information content (AvgIpc) is 2.66. The summed E-state index contributed by atoms with van der Waals surface area (Å²) >= 11 is 0. The van der Waals surface area contributed by atoms with Gasteiger partial charge in [0, 0.05) is 37.5 Å². The molecule has 0 aromatic rings. The minimum Gasteiger partial charge on any atom is -0.481 e. The molecule has 5 heteroatoms. The van der Waals surface area contributed by atoms with Crippen LogP contribution < -0.4 is 5.32 Å². The zero-order chi connectivity index (χ0) is 14.3. The lowest BCUT2D eigenvalue weighted by Gasteiger charge is -2.42. The number of amides is 1. The van der Waals surface area contributed by atoms with Crippen molar-refractivity contribution in [2.45, 2.75) is 51.1 Å². The Morgan fingerprint density at radius 1 is 1.25 bits per heavy atom. The summed E-state index contributed by atoms with van der Waals surface area (Å²) in [5.41, 5.74) is 0. The SMILES string of the molecule is CC(C(=O)O)C1CN(C(=O)CC2CC3CCC(C2)N3)C1. The van der Waals surface area contributed by atoms with E-state index in [-0.39, 0.29) is 17.7 Å². The van der Waals surface area contributed by atoms with Gasteiger partial charge in [0.2, 0.25) is 5.91 Å². The molecule has 5 nitrogen and oxygen atoms in total. The largest absolute Gasteiger partial charge is 0.481 e. The van der Waals surface area contributed by atoms with Gasteiger partial charge in [-0.15, -0.1) is 0 Å². The molecule has 3 aliphatic rings. The number of piperidine rings is 1. The Balaban J connectivity index is 1.44. The monoisotopic (exact) mass is 280 g/mol. The number of nitrogens with one attached hydrogen (secondary N) is 1. The first-order valence-corrected chi connectivity index (χ1v) is 7.79. The molecule has 0 aromatic heterocycles. The molecule has 3 unspecified atom stereocenters.